The molecule has 0 aliphatic rings. The molecule has 1 amide bonds. The molecule has 0 saturated heterocycles. The van der Waals surface area contributed by atoms with Gasteiger partial charge in [0.25, 0.3) is 0 Å². The van der Waals surface area contributed by atoms with Crippen molar-refractivity contribution in [1.29, 1.82) is 5.26 Å². The zero-order chi connectivity index (χ0) is 9.72. The van der Waals surface area contributed by atoms with Crippen molar-refractivity contribution in [3.8, 4) is 6.07 Å². The molecule has 0 bridgehead atoms. The normalized spacial score (nSPS) is 15.0. The average molecular weight is 170 g/mol. The van der Waals surface area contributed by atoms with Crippen LogP contribution in [0, 0.1) is 17.2 Å². The SMILES string of the molecule is CC(C)[C@H](O)C(=O)N[C@H](C)C#N. The van der Waals surface area contributed by atoms with E-state index in [0.717, 1.165) is 0 Å². The van der Waals surface area contributed by atoms with Crippen LogP contribution in [0.25, 0.3) is 0 Å². The van der Waals surface area contributed by atoms with Gasteiger partial charge in [-0.05, 0) is 12.8 Å². The van der Waals surface area contributed by atoms with E-state index in [0.29, 0.717) is 0 Å². The third-order valence-corrected chi connectivity index (χ3v) is 1.45. The molecule has 0 spiro atoms. The van der Waals surface area contributed by atoms with Crippen molar-refractivity contribution in [2.75, 3.05) is 0 Å². The Bertz CT molecular complexity index is 196. The van der Waals surface area contributed by atoms with Crippen LogP contribution in [-0.2, 0) is 4.79 Å². The van der Waals surface area contributed by atoms with Gasteiger partial charge in [0, 0.05) is 0 Å². The Morgan fingerprint density at radius 3 is 2.33 bits per heavy atom. The molecular weight excluding hydrogens is 156 g/mol. The van der Waals surface area contributed by atoms with E-state index in [2.05, 4.69) is 5.32 Å². The number of nitriles is 1. The maximum atomic E-state index is 11.0. The highest BCUT2D eigenvalue weighted by atomic mass is 16.3. The van der Waals surface area contributed by atoms with Gasteiger partial charge in [-0.3, -0.25) is 4.79 Å². The fraction of sp³-hybridized carbons (Fsp3) is 0.750. The summed E-state index contributed by atoms with van der Waals surface area (Å²) in [7, 11) is 0. The average Bonchev–Trinajstić information content (AvgIpc) is 2.02. The Balaban J connectivity index is 3.98. The summed E-state index contributed by atoms with van der Waals surface area (Å²) in [6.07, 6.45) is -1.03. The van der Waals surface area contributed by atoms with Crippen molar-refractivity contribution in [2.45, 2.75) is 32.9 Å². The number of carbonyl (C=O) groups is 1. The third kappa shape index (κ3) is 3.35. The molecule has 4 heteroatoms. The van der Waals surface area contributed by atoms with Gasteiger partial charge in [0.2, 0.25) is 5.91 Å². The van der Waals surface area contributed by atoms with Gasteiger partial charge in [0.1, 0.15) is 12.1 Å². The van der Waals surface area contributed by atoms with Crippen LogP contribution in [-0.4, -0.2) is 23.2 Å². The molecule has 0 aliphatic carbocycles. The number of rotatable bonds is 3. The molecule has 68 valence electrons. The lowest BCUT2D eigenvalue weighted by Crippen LogP contribution is -2.41. The van der Waals surface area contributed by atoms with Crippen molar-refractivity contribution in [2.24, 2.45) is 5.92 Å². The predicted molar refractivity (Wildman–Crippen MR) is 44.1 cm³/mol. The molecule has 0 heterocycles. The Labute approximate surface area is 72.2 Å². The quantitative estimate of drug-likeness (QED) is 0.627. The lowest BCUT2D eigenvalue weighted by molar-refractivity contribution is -0.131. The molecule has 0 aliphatic heterocycles. The maximum absolute atomic E-state index is 11.0. The minimum Gasteiger partial charge on any atom is -0.383 e. The van der Waals surface area contributed by atoms with E-state index in [9.17, 15) is 9.90 Å². The number of amides is 1. The minimum absolute atomic E-state index is 0.129. The summed E-state index contributed by atoms with van der Waals surface area (Å²) >= 11 is 0. The zero-order valence-corrected chi connectivity index (χ0v) is 7.53. The molecular formula is C8H14N2O2. The van der Waals surface area contributed by atoms with Crippen LogP contribution in [0.3, 0.4) is 0 Å². The van der Waals surface area contributed by atoms with Gasteiger partial charge >= 0.3 is 0 Å². The molecule has 2 N–H and O–H groups in total. The van der Waals surface area contributed by atoms with Crippen LogP contribution in [0.15, 0.2) is 0 Å². The molecule has 0 fully saturated rings. The first kappa shape index (κ1) is 10.9. The van der Waals surface area contributed by atoms with E-state index in [1.54, 1.807) is 20.8 Å². The Kier molecular flexibility index (Phi) is 4.30. The van der Waals surface area contributed by atoms with Gasteiger partial charge < -0.3 is 10.4 Å². The zero-order valence-electron chi connectivity index (χ0n) is 7.53. The predicted octanol–water partition coefficient (Wildman–Crippen LogP) is 0.0316. The van der Waals surface area contributed by atoms with Gasteiger partial charge in [0.15, 0.2) is 0 Å². The van der Waals surface area contributed by atoms with E-state index >= 15 is 0 Å². The van der Waals surface area contributed by atoms with E-state index in [1.165, 1.54) is 0 Å². The molecule has 2 atom stereocenters. The lowest BCUT2D eigenvalue weighted by atomic mass is 10.1. The number of aliphatic hydroxyl groups is 1. The molecule has 0 aromatic carbocycles. The highest BCUT2D eigenvalue weighted by Crippen LogP contribution is 2.00. The summed E-state index contributed by atoms with van der Waals surface area (Å²) in [6.45, 7) is 5.04. The first-order valence-electron chi connectivity index (χ1n) is 3.87. The van der Waals surface area contributed by atoms with Crippen molar-refractivity contribution in [3.05, 3.63) is 0 Å². The van der Waals surface area contributed by atoms with E-state index < -0.39 is 18.1 Å². The summed E-state index contributed by atoms with van der Waals surface area (Å²) in [6, 6.07) is 1.30. The Morgan fingerprint density at radius 2 is 2.00 bits per heavy atom. The standard InChI is InChI=1S/C8H14N2O2/c1-5(2)7(11)8(12)10-6(3)4-9/h5-7,11H,1-3H3,(H,10,12)/t6-,7+/m1/s1. The van der Waals surface area contributed by atoms with Crippen LogP contribution < -0.4 is 5.32 Å². The molecule has 0 rings (SSSR count). The van der Waals surface area contributed by atoms with Crippen LogP contribution >= 0.6 is 0 Å². The number of nitrogens with zero attached hydrogens (tertiary/aromatic N) is 1. The highest BCUT2D eigenvalue weighted by molar-refractivity contribution is 5.81. The first-order valence-corrected chi connectivity index (χ1v) is 3.87. The Hall–Kier alpha value is -1.08. The van der Waals surface area contributed by atoms with Gasteiger partial charge in [-0.2, -0.15) is 5.26 Å². The second kappa shape index (κ2) is 4.73. The molecule has 0 aromatic rings. The molecule has 0 aromatic heterocycles. The van der Waals surface area contributed by atoms with E-state index in [-0.39, 0.29) is 5.92 Å². The second-order valence-electron chi connectivity index (χ2n) is 3.05. The van der Waals surface area contributed by atoms with Crippen LogP contribution in [0.2, 0.25) is 0 Å². The fourth-order valence-corrected chi connectivity index (χ4v) is 0.634. The molecule has 0 radical (unpaired) electrons. The summed E-state index contributed by atoms with van der Waals surface area (Å²) in [5.41, 5.74) is 0. The van der Waals surface area contributed by atoms with Gasteiger partial charge in [0.05, 0.1) is 6.07 Å². The van der Waals surface area contributed by atoms with Gasteiger partial charge in [-0.1, -0.05) is 13.8 Å². The highest BCUT2D eigenvalue weighted by Gasteiger charge is 2.19. The van der Waals surface area contributed by atoms with Crippen LogP contribution in [0.4, 0.5) is 0 Å². The van der Waals surface area contributed by atoms with E-state index in [4.69, 9.17) is 5.26 Å². The molecule has 0 unspecified atom stereocenters. The van der Waals surface area contributed by atoms with E-state index in [1.807, 2.05) is 6.07 Å². The third-order valence-electron chi connectivity index (χ3n) is 1.45. The topological polar surface area (TPSA) is 73.1 Å². The van der Waals surface area contributed by atoms with Crippen LogP contribution in [0.5, 0.6) is 0 Å². The second-order valence-corrected chi connectivity index (χ2v) is 3.05. The summed E-state index contributed by atoms with van der Waals surface area (Å²) < 4.78 is 0. The monoisotopic (exact) mass is 170 g/mol. The molecule has 0 saturated carbocycles. The molecule has 12 heavy (non-hydrogen) atoms. The minimum atomic E-state index is -1.03. The number of carbonyl (C=O) groups excluding carboxylic acids is 1. The number of hydrogen-bond acceptors (Lipinski definition) is 3. The smallest absolute Gasteiger partial charge is 0.250 e. The van der Waals surface area contributed by atoms with Crippen molar-refractivity contribution >= 4 is 5.91 Å². The fourth-order valence-electron chi connectivity index (χ4n) is 0.634. The Morgan fingerprint density at radius 1 is 1.50 bits per heavy atom. The number of nitrogens with one attached hydrogen (secondary N) is 1. The first-order chi connectivity index (χ1) is 5.49. The summed E-state index contributed by atoms with van der Waals surface area (Å²) in [4.78, 5) is 11.0. The maximum Gasteiger partial charge on any atom is 0.250 e. The van der Waals surface area contributed by atoms with Crippen molar-refractivity contribution < 1.29 is 9.90 Å². The van der Waals surface area contributed by atoms with Gasteiger partial charge in [-0.15, -0.1) is 0 Å². The summed E-state index contributed by atoms with van der Waals surface area (Å²) in [5, 5.41) is 19.9. The van der Waals surface area contributed by atoms with Crippen LogP contribution in [0.1, 0.15) is 20.8 Å². The van der Waals surface area contributed by atoms with Gasteiger partial charge in [-0.25, -0.2) is 0 Å². The number of aliphatic hydroxyl groups excluding tert-OH is 1. The lowest BCUT2D eigenvalue weighted by Gasteiger charge is -2.14. The van der Waals surface area contributed by atoms with Crippen molar-refractivity contribution in [1.82, 2.24) is 5.32 Å². The largest absolute Gasteiger partial charge is 0.383 e. The number of hydrogen-bond donors (Lipinski definition) is 2. The molecule has 4 nitrogen and oxygen atoms in total. The summed E-state index contributed by atoms with van der Waals surface area (Å²) in [5.74, 6) is -0.616. The van der Waals surface area contributed by atoms with Crippen molar-refractivity contribution in [3.63, 3.8) is 0 Å².